The number of hydrogen-bond acceptors (Lipinski definition) is 4. The minimum absolute atomic E-state index is 0.202. The summed E-state index contributed by atoms with van der Waals surface area (Å²) < 4.78 is 21.0. The van der Waals surface area contributed by atoms with Gasteiger partial charge in [-0.1, -0.05) is 32.0 Å². The van der Waals surface area contributed by atoms with Gasteiger partial charge in [0.2, 0.25) is 5.88 Å². The third-order valence-corrected chi connectivity index (χ3v) is 4.60. The Labute approximate surface area is 175 Å². The van der Waals surface area contributed by atoms with E-state index in [4.69, 9.17) is 10.00 Å². The van der Waals surface area contributed by atoms with Crippen molar-refractivity contribution in [2.24, 2.45) is 0 Å². The summed E-state index contributed by atoms with van der Waals surface area (Å²) in [5.74, 6) is -0.141. The smallest absolute Gasteiger partial charge is 0.254 e. The van der Waals surface area contributed by atoms with Crippen LogP contribution in [0.5, 0.6) is 5.88 Å². The molecule has 3 aromatic rings. The second kappa shape index (κ2) is 9.70. The average molecular weight is 406 g/mol. The molecule has 0 spiro atoms. The van der Waals surface area contributed by atoms with E-state index in [1.807, 2.05) is 36.7 Å². The highest BCUT2D eigenvalue weighted by molar-refractivity contribution is 5.94. The molecule has 1 aromatic heterocycles. The Kier molecular flexibility index (Phi) is 6.81. The Balaban J connectivity index is 0.00000124. The number of ether oxygens (including phenoxy) is 1. The van der Waals surface area contributed by atoms with Gasteiger partial charge in [0.1, 0.15) is 12.4 Å². The fourth-order valence-electron chi connectivity index (χ4n) is 3.12. The molecule has 1 amide bonds. The number of halogens is 1. The van der Waals surface area contributed by atoms with Crippen LogP contribution in [0.25, 0.3) is 0 Å². The van der Waals surface area contributed by atoms with E-state index in [0.717, 1.165) is 11.3 Å². The molecule has 7 heteroatoms. The highest BCUT2D eigenvalue weighted by atomic mass is 19.1. The van der Waals surface area contributed by atoms with E-state index in [1.165, 1.54) is 18.2 Å². The third-order valence-electron chi connectivity index (χ3n) is 4.60. The Morgan fingerprint density at radius 1 is 1.17 bits per heavy atom. The number of carbonyl (C=O) groups is 1. The van der Waals surface area contributed by atoms with Crippen molar-refractivity contribution in [3.05, 3.63) is 82.8 Å². The number of amides is 1. The predicted molar refractivity (Wildman–Crippen MR) is 110 cm³/mol. The van der Waals surface area contributed by atoms with Crippen molar-refractivity contribution in [3.63, 3.8) is 0 Å². The van der Waals surface area contributed by atoms with Crippen LogP contribution in [0.2, 0.25) is 0 Å². The minimum atomic E-state index is -0.425. The molecule has 30 heavy (non-hydrogen) atoms. The first-order valence-electron chi connectivity index (χ1n) is 9.86. The highest BCUT2D eigenvalue weighted by Gasteiger charge is 2.24. The van der Waals surface area contributed by atoms with Gasteiger partial charge in [-0.25, -0.2) is 4.39 Å². The molecule has 0 bridgehead atoms. The van der Waals surface area contributed by atoms with Crippen LogP contribution in [0.4, 0.5) is 4.39 Å². The second-order valence-corrected chi connectivity index (χ2v) is 6.53. The summed E-state index contributed by atoms with van der Waals surface area (Å²) in [5, 5.41) is 13.3. The number of nitrogens with zero attached hydrogens (tertiary/aromatic N) is 4. The molecule has 1 aliphatic heterocycles. The van der Waals surface area contributed by atoms with Crippen molar-refractivity contribution >= 4 is 5.91 Å². The number of benzene rings is 2. The Bertz CT molecular complexity index is 1050. The number of nitriles is 1. The van der Waals surface area contributed by atoms with Crippen molar-refractivity contribution in [1.29, 1.82) is 5.26 Å². The van der Waals surface area contributed by atoms with Gasteiger partial charge in [0, 0.05) is 18.2 Å². The van der Waals surface area contributed by atoms with Gasteiger partial charge in [0.05, 0.1) is 30.4 Å². The largest absolute Gasteiger partial charge is 0.472 e. The number of rotatable bonds is 4. The predicted octanol–water partition coefficient (Wildman–Crippen LogP) is 4.16. The molecule has 154 valence electrons. The van der Waals surface area contributed by atoms with Crippen LogP contribution in [-0.4, -0.2) is 27.1 Å². The first kappa shape index (κ1) is 21.1. The molecule has 1 aliphatic rings. The van der Waals surface area contributed by atoms with E-state index in [9.17, 15) is 9.18 Å². The first-order chi connectivity index (χ1) is 14.6. The van der Waals surface area contributed by atoms with Crippen LogP contribution in [0.3, 0.4) is 0 Å². The fourth-order valence-corrected chi connectivity index (χ4v) is 3.12. The van der Waals surface area contributed by atoms with Crippen molar-refractivity contribution < 1.29 is 13.9 Å². The molecule has 0 fully saturated rings. The Morgan fingerprint density at radius 2 is 1.93 bits per heavy atom. The molecule has 0 aliphatic carbocycles. The van der Waals surface area contributed by atoms with Crippen molar-refractivity contribution in [2.75, 3.05) is 6.54 Å². The van der Waals surface area contributed by atoms with Crippen molar-refractivity contribution in [3.8, 4) is 11.9 Å². The number of fused-ring (bicyclic) bond motifs is 1. The Hall–Kier alpha value is -3.66. The summed E-state index contributed by atoms with van der Waals surface area (Å²) in [6, 6.07) is 16.8. The molecule has 2 aromatic carbocycles. The van der Waals surface area contributed by atoms with E-state index in [1.54, 1.807) is 23.1 Å². The molecule has 4 rings (SSSR count). The van der Waals surface area contributed by atoms with Crippen LogP contribution in [0.15, 0.2) is 54.6 Å². The maximum atomic E-state index is 13.4. The van der Waals surface area contributed by atoms with Gasteiger partial charge in [0.25, 0.3) is 5.91 Å². The third kappa shape index (κ3) is 4.84. The van der Waals surface area contributed by atoms with Crippen molar-refractivity contribution in [2.45, 2.75) is 33.5 Å². The van der Waals surface area contributed by atoms with Gasteiger partial charge in [-0.05, 0) is 35.9 Å². The molecule has 6 nitrogen and oxygen atoms in total. The molecular formula is C23H23FN4O2. The monoisotopic (exact) mass is 406 g/mol. The normalized spacial score (nSPS) is 12.3. The van der Waals surface area contributed by atoms with Gasteiger partial charge in [0.15, 0.2) is 0 Å². The molecule has 0 radical (unpaired) electrons. The van der Waals surface area contributed by atoms with Crippen LogP contribution in [-0.2, 0) is 19.7 Å². The molecular weight excluding hydrogens is 383 g/mol. The zero-order chi connectivity index (χ0) is 21.5. The molecule has 0 unspecified atom stereocenters. The molecule has 0 N–H and O–H groups in total. The van der Waals surface area contributed by atoms with Crippen molar-refractivity contribution in [1.82, 2.24) is 14.7 Å². The standard InChI is InChI=1S/C21H17FN4O2.C2H6/c22-18-3-1-2-17(10-18)21(27)25-8-9-26-19(13-25)11-20(24-26)28-14-16-6-4-15(12-23)5-7-16;1-2/h1-7,10-11H,8-9,13-14H2;1-2H3. The van der Waals surface area contributed by atoms with Gasteiger partial charge in [-0.15, -0.1) is 5.10 Å². The lowest BCUT2D eigenvalue weighted by Crippen LogP contribution is -2.38. The van der Waals surface area contributed by atoms with Gasteiger partial charge < -0.3 is 9.64 Å². The number of hydrogen-bond donors (Lipinski definition) is 0. The summed E-state index contributed by atoms with van der Waals surface area (Å²) in [4.78, 5) is 14.3. The maximum Gasteiger partial charge on any atom is 0.254 e. The van der Waals surface area contributed by atoms with E-state index in [2.05, 4.69) is 11.2 Å². The molecule has 0 saturated carbocycles. The first-order valence-corrected chi connectivity index (χ1v) is 9.86. The van der Waals surface area contributed by atoms with E-state index >= 15 is 0 Å². The molecule has 0 atom stereocenters. The maximum absolute atomic E-state index is 13.4. The zero-order valence-electron chi connectivity index (χ0n) is 17.0. The zero-order valence-corrected chi connectivity index (χ0v) is 17.0. The fraction of sp³-hybridized carbons (Fsp3) is 0.261. The summed E-state index contributed by atoms with van der Waals surface area (Å²) in [6.07, 6.45) is 0. The van der Waals surface area contributed by atoms with Gasteiger partial charge in [-0.2, -0.15) is 5.26 Å². The van der Waals surface area contributed by atoms with Crippen LogP contribution >= 0.6 is 0 Å². The minimum Gasteiger partial charge on any atom is -0.472 e. The summed E-state index contributed by atoms with van der Waals surface area (Å²) in [7, 11) is 0. The summed E-state index contributed by atoms with van der Waals surface area (Å²) in [6.45, 7) is 5.78. The summed E-state index contributed by atoms with van der Waals surface area (Å²) in [5.41, 5.74) is 2.74. The lowest BCUT2D eigenvalue weighted by Gasteiger charge is -2.27. The van der Waals surface area contributed by atoms with E-state index in [0.29, 0.717) is 43.2 Å². The van der Waals surface area contributed by atoms with Crippen LogP contribution in [0.1, 0.15) is 41.0 Å². The van der Waals surface area contributed by atoms with Gasteiger partial charge >= 0.3 is 0 Å². The molecule has 0 saturated heterocycles. The molecule has 2 heterocycles. The topological polar surface area (TPSA) is 71.2 Å². The summed E-state index contributed by atoms with van der Waals surface area (Å²) >= 11 is 0. The second-order valence-electron chi connectivity index (χ2n) is 6.53. The highest BCUT2D eigenvalue weighted by Crippen LogP contribution is 2.21. The lowest BCUT2D eigenvalue weighted by molar-refractivity contribution is 0.0705. The number of carbonyl (C=O) groups excluding carboxylic acids is 1. The van der Waals surface area contributed by atoms with E-state index in [-0.39, 0.29) is 5.91 Å². The lowest BCUT2D eigenvalue weighted by atomic mass is 10.1. The van der Waals surface area contributed by atoms with Gasteiger partial charge in [-0.3, -0.25) is 9.48 Å². The van der Waals surface area contributed by atoms with Crippen LogP contribution < -0.4 is 4.74 Å². The van der Waals surface area contributed by atoms with E-state index < -0.39 is 5.82 Å². The number of aromatic nitrogens is 2. The Morgan fingerprint density at radius 3 is 2.63 bits per heavy atom. The SMILES string of the molecule is CC.N#Cc1ccc(COc2cc3n(n2)CCN(C(=O)c2cccc(F)c2)C3)cc1. The van der Waals surface area contributed by atoms with Crippen LogP contribution in [0, 0.1) is 17.1 Å². The average Bonchev–Trinajstić information content (AvgIpc) is 3.21. The quantitative estimate of drug-likeness (QED) is 0.652.